The molecular formula is C15H21N3O3. The Morgan fingerprint density at radius 3 is 3.05 bits per heavy atom. The topological polar surface area (TPSA) is 87.8 Å². The number of nitrogens with zero attached hydrogens (tertiary/aromatic N) is 1. The van der Waals surface area contributed by atoms with Gasteiger partial charge in [0.2, 0.25) is 0 Å². The van der Waals surface area contributed by atoms with E-state index in [0.717, 1.165) is 37.9 Å². The van der Waals surface area contributed by atoms with Crippen molar-refractivity contribution < 1.29 is 14.6 Å². The van der Waals surface area contributed by atoms with Crippen LogP contribution in [0.4, 0.5) is 17.1 Å². The van der Waals surface area contributed by atoms with Gasteiger partial charge in [0.15, 0.2) is 6.61 Å². The molecule has 4 N–H and O–H groups in total. The van der Waals surface area contributed by atoms with Gasteiger partial charge in [0.1, 0.15) is 5.75 Å². The van der Waals surface area contributed by atoms with Crippen LogP contribution in [-0.2, 0) is 4.79 Å². The highest BCUT2D eigenvalue weighted by Gasteiger charge is 2.25. The Labute approximate surface area is 123 Å². The minimum atomic E-state index is -0.159. The average molecular weight is 291 g/mol. The molecule has 1 amide bonds. The number of fused-ring (bicyclic) bond motifs is 1. The lowest BCUT2D eigenvalue weighted by atomic mass is 10.1. The van der Waals surface area contributed by atoms with Crippen LogP contribution >= 0.6 is 0 Å². The number of carbonyl (C=O) groups is 1. The van der Waals surface area contributed by atoms with E-state index in [1.807, 2.05) is 6.07 Å². The monoisotopic (exact) mass is 291 g/mol. The van der Waals surface area contributed by atoms with Gasteiger partial charge in [-0.2, -0.15) is 0 Å². The van der Waals surface area contributed by atoms with E-state index in [1.54, 1.807) is 6.07 Å². The summed E-state index contributed by atoms with van der Waals surface area (Å²) in [5.74, 6) is 0.444. The number of benzene rings is 1. The first-order valence-electron chi connectivity index (χ1n) is 7.42. The number of aliphatic hydroxyl groups is 1. The highest BCUT2D eigenvalue weighted by molar-refractivity contribution is 5.97. The van der Waals surface area contributed by atoms with Crippen LogP contribution < -0.4 is 20.7 Å². The zero-order valence-corrected chi connectivity index (χ0v) is 12.0. The molecule has 0 aromatic heterocycles. The lowest BCUT2D eigenvalue weighted by molar-refractivity contribution is -0.118. The Morgan fingerprint density at radius 2 is 2.24 bits per heavy atom. The third kappa shape index (κ3) is 2.76. The van der Waals surface area contributed by atoms with E-state index in [2.05, 4.69) is 10.2 Å². The highest BCUT2D eigenvalue weighted by Crippen LogP contribution is 2.38. The Balaban J connectivity index is 1.96. The molecule has 3 rings (SSSR count). The van der Waals surface area contributed by atoms with Crippen LogP contribution in [0.25, 0.3) is 0 Å². The molecule has 0 spiro atoms. The number of hydrogen-bond donors (Lipinski definition) is 3. The maximum absolute atomic E-state index is 11.5. The van der Waals surface area contributed by atoms with Crippen LogP contribution in [0.1, 0.15) is 25.7 Å². The molecular weight excluding hydrogens is 270 g/mol. The quantitative estimate of drug-likeness (QED) is 0.716. The Hall–Kier alpha value is -1.95. The maximum atomic E-state index is 11.5. The molecule has 2 heterocycles. The number of aliphatic hydroxyl groups excluding tert-OH is 1. The number of amides is 1. The first-order chi connectivity index (χ1) is 10.2. The fourth-order valence-electron chi connectivity index (χ4n) is 3.06. The Morgan fingerprint density at radius 1 is 1.38 bits per heavy atom. The van der Waals surface area contributed by atoms with Crippen molar-refractivity contribution in [2.75, 3.05) is 35.7 Å². The second kappa shape index (κ2) is 5.81. The molecule has 0 saturated carbocycles. The first kappa shape index (κ1) is 14.0. The summed E-state index contributed by atoms with van der Waals surface area (Å²) in [5.41, 5.74) is 8.29. The van der Waals surface area contributed by atoms with E-state index in [9.17, 15) is 9.90 Å². The van der Waals surface area contributed by atoms with Gasteiger partial charge in [-0.15, -0.1) is 0 Å². The number of carbonyl (C=O) groups excluding carboxylic acids is 1. The van der Waals surface area contributed by atoms with Crippen molar-refractivity contribution in [1.82, 2.24) is 0 Å². The van der Waals surface area contributed by atoms with Crippen LogP contribution in [-0.4, -0.2) is 36.8 Å². The Bertz CT molecular complexity index is 547. The smallest absolute Gasteiger partial charge is 0.262 e. The van der Waals surface area contributed by atoms with E-state index in [1.165, 1.54) is 0 Å². The van der Waals surface area contributed by atoms with Crippen molar-refractivity contribution in [1.29, 1.82) is 0 Å². The van der Waals surface area contributed by atoms with Crippen LogP contribution in [0.3, 0.4) is 0 Å². The molecule has 114 valence electrons. The van der Waals surface area contributed by atoms with E-state index in [0.29, 0.717) is 17.1 Å². The number of hydrogen-bond acceptors (Lipinski definition) is 5. The molecule has 0 aliphatic carbocycles. The second-order valence-corrected chi connectivity index (χ2v) is 5.62. The van der Waals surface area contributed by atoms with Gasteiger partial charge in [0.05, 0.1) is 29.7 Å². The van der Waals surface area contributed by atoms with Crippen molar-refractivity contribution in [2.24, 2.45) is 0 Å². The number of nitrogen functional groups attached to an aromatic ring is 1. The number of rotatable bonds is 2. The van der Waals surface area contributed by atoms with Gasteiger partial charge in [-0.3, -0.25) is 4.79 Å². The molecule has 1 aromatic carbocycles. The summed E-state index contributed by atoms with van der Waals surface area (Å²) in [7, 11) is 0. The van der Waals surface area contributed by atoms with Gasteiger partial charge >= 0.3 is 0 Å². The fourth-order valence-corrected chi connectivity index (χ4v) is 3.06. The van der Waals surface area contributed by atoms with Gasteiger partial charge in [-0.1, -0.05) is 12.8 Å². The molecule has 1 unspecified atom stereocenters. The molecule has 1 fully saturated rings. The van der Waals surface area contributed by atoms with Crippen molar-refractivity contribution in [3.8, 4) is 5.75 Å². The molecule has 21 heavy (non-hydrogen) atoms. The van der Waals surface area contributed by atoms with Crippen LogP contribution in [0.5, 0.6) is 5.75 Å². The molecule has 1 aromatic rings. The van der Waals surface area contributed by atoms with E-state index < -0.39 is 0 Å². The van der Waals surface area contributed by atoms with Crippen molar-refractivity contribution in [2.45, 2.75) is 31.7 Å². The Kier molecular flexibility index (Phi) is 3.88. The predicted molar refractivity (Wildman–Crippen MR) is 81.7 cm³/mol. The van der Waals surface area contributed by atoms with Crippen LogP contribution in [0.2, 0.25) is 0 Å². The summed E-state index contributed by atoms with van der Waals surface area (Å²) < 4.78 is 5.38. The fraction of sp³-hybridized carbons (Fsp3) is 0.533. The van der Waals surface area contributed by atoms with E-state index in [4.69, 9.17) is 10.5 Å². The van der Waals surface area contributed by atoms with E-state index in [-0.39, 0.29) is 25.2 Å². The van der Waals surface area contributed by atoms with Crippen molar-refractivity contribution in [3.05, 3.63) is 12.1 Å². The summed E-state index contributed by atoms with van der Waals surface area (Å²) in [6.07, 6.45) is 4.32. The normalized spacial score (nSPS) is 22.0. The highest BCUT2D eigenvalue weighted by atomic mass is 16.5. The van der Waals surface area contributed by atoms with Gasteiger partial charge in [-0.05, 0) is 18.9 Å². The number of ether oxygens (including phenoxy) is 1. The lowest BCUT2D eigenvalue weighted by Gasteiger charge is -2.33. The predicted octanol–water partition coefficient (Wildman–Crippen LogP) is 1.34. The van der Waals surface area contributed by atoms with Gasteiger partial charge in [0.25, 0.3) is 5.91 Å². The van der Waals surface area contributed by atoms with Crippen molar-refractivity contribution in [3.63, 3.8) is 0 Å². The summed E-state index contributed by atoms with van der Waals surface area (Å²) in [5, 5.41) is 12.4. The number of nitrogens with two attached hydrogens (primary N) is 1. The maximum Gasteiger partial charge on any atom is 0.262 e. The molecule has 2 aliphatic rings. The minimum absolute atomic E-state index is 0.0226. The summed E-state index contributed by atoms with van der Waals surface area (Å²) in [4.78, 5) is 13.6. The molecule has 2 aliphatic heterocycles. The average Bonchev–Trinajstić information content (AvgIpc) is 2.72. The van der Waals surface area contributed by atoms with E-state index >= 15 is 0 Å². The van der Waals surface area contributed by atoms with Crippen LogP contribution in [0.15, 0.2) is 12.1 Å². The van der Waals surface area contributed by atoms with Crippen LogP contribution in [0, 0.1) is 0 Å². The van der Waals surface area contributed by atoms with Gasteiger partial charge in [0, 0.05) is 12.6 Å². The van der Waals surface area contributed by atoms with Crippen molar-refractivity contribution >= 4 is 23.0 Å². The molecule has 0 bridgehead atoms. The first-order valence-corrected chi connectivity index (χ1v) is 7.42. The number of nitrogens with one attached hydrogen (secondary N) is 1. The largest absolute Gasteiger partial charge is 0.482 e. The SMILES string of the molecule is Nc1cc2c(cc1N1CCCCCC1CO)NC(=O)CO2. The molecule has 6 heteroatoms. The third-order valence-electron chi connectivity index (χ3n) is 4.16. The zero-order chi connectivity index (χ0) is 14.8. The third-order valence-corrected chi connectivity index (χ3v) is 4.16. The standard InChI is InChI=1S/C15H21N3O3/c16-11-6-14-12(17-15(20)9-21-14)7-13(11)18-5-3-1-2-4-10(18)8-19/h6-7,10,19H,1-5,8-9,16H2,(H,17,20). The molecule has 1 atom stereocenters. The number of anilines is 3. The second-order valence-electron chi connectivity index (χ2n) is 5.62. The summed E-state index contributed by atoms with van der Waals surface area (Å²) in [6.45, 7) is 0.997. The summed E-state index contributed by atoms with van der Waals surface area (Å²) >= 11 is 0. The summed E-state index contributed by atoms with van der Waals surface area (Å²) in [6, 6.07) is 3.69. The van der Waals surface area contributed by atoms with Gasteiger partial charge in [-0.25, -0.2) is 0 Å². The van der Waals surface area contributed by atoms with Gasteiger partial charge < -0.3 is 25.8 Å². The lowest BCUT2D eigenvalue weighted by Crippen LogP contribution is -2.38. The minimum Gasteiger partial charge on any atom is -0.482 e. The molecule has 0 radical (unpaired) electrons. The molecule has 6 nitrogen and oxygen atoms in total. The molecule has 1 saturated heterocycles. The zero-order valence-electron chi connectivity index (χ0n) is 12.0.